The van der Waals surface area contributed by atoms with Gasteiger partial charge in [0.15, 0.2) is 0 Å². The van der Waals surface area contributed by atoms with Gasteiger partial charge in [-0.2, -0.15) is 0 Å². The van der Waals surface area contributed by atoms with Gasteiger partial charge in [-0.25, -0.2) is 0 Å². The Kier molecular flexibility index (Phi) is 4.84. The summed E-state index contributed by atoms with van der Waals surface area (Å²) in [6.45, 7) is 0.969. The van der Waals surface area contributed by atoms with Gasteiger partial charge in [-0.05, 0) is 30.5 Å². The molecule has 5 nitrogen and oxygen atoms in total. The first-order valence-electron chi connectivity index (χ1n) is 7.04. The Morgan fingerprint density at radius 1 is 1.35 bits per heavy atom. The highest BCUT2D eigenvalue weighted by Gasteiger charge is 2.24. The lowest BCUT2D eigenvalue weighted by atomic mass is 10.1. The van der Waals surface area contributed by atoms with Gasteiger partial charge in [0.1, 0.15) is 5.75 Å². The number of nitrogen functional groups attached to an aromatic ring is 1. The lowest BCUT2D eigenvalue weighted by Gasteiger charge is -2.27. The Morgan fingerprint density at radius 3 is 2.65 bits per heavy atom. The predicted molar refractivity (Wildman–Crippen MR) is 79.3 cm³/mol. The monoisotopic (exact) mass is 277 g/mol. The average Bonchev–Trinajstić information content (AvgIpc) is 2.90. The molecule has 0 radical (unpaired) electrons. The summed E-state index contributed by atoms with van der Waals surface area (Å²) >= 11 is 0. The second kappa shape index (κ2) is 6.61. The second-order valence-electron chi connectivity index (χ2n) is 5.42. The Labute approximate surface area is 119 Å². The fourth-order valence-corrected chi connectivity index (χ4v) is 2.91. The molecule has 4 N–H and O–H groups in total. The third-order valence-corrected chi connectivity index (χ3v) is 3.81. The van der Waals surface area contributed by atoms with Crippen LogP contribution in [-0.4, -0.2) is 30.5 Å². The lowest BCUT2D eigenvalue weighted by Crippen LogP contribution is -2.39. The Balaban J connectivity index is 2.13. The summed E-state index contributed by atoms with van der Waals surface area (Å²) in [5, 5.41) is 0. The molecule has 1 saturated carbocycles. The van der Waals surface area contributed by atoms with Gasteiger partial charge in [0, 0.05) is 24.3 Å². The van der Waals surface area contributed by atoms with Crippen LogP contribution in [0.5, 0.6) is 5.75 Å². The number of primary amides is 1. The van der Waals surface area contributed by atoms with Crippen molar-refractivity contribution in [1.29, 1.82) is 0 Å². The van der Waals surface area contributed by atoms with E-state index in [2.05, 4.69) is 4.90 Å². The number of amides is 1. The molecule has 2 rings (SSSR count). The van der Waals surface area contributed by atoms with Crippen molar-refractivity contribution in [3.05, 3.63) is 23.8 Å². The van der Waals surface area contributed by atoms with Crippen molar-refractivity contribution in [1.82, 2.24) is 4.90 Å². The maximum atomic E-state index is 11.3. The molecule has 1 fully saturated rings. The molecule has 110 valence electrons. The summed E-state index contributed by atoms with van der Waals surface area (Å²) in [7, 11) is 1.62. The third kappa shape index (κ3) is 3.87. The van der Waals surface area contributed by atoms with Crippen LogP contribution in [-0.2, 0) is 11.3 Å². The standard InChI is InChI=1S/C15H23N3O2/c1-20-14-7-11(6-12(16)8-14)9-18(10-15(17)19)13-4-2-3-5-13/h6-8,13H,2-5,9-10,16H2,1H3,(H2,17,19). The van der Waals surface area contributed by atoms with Gasteiger partial charge in [-0.15, -0.1) is 0 Å². The van der Waals surface area contributed by atoms with Crippen molar-refractivity contribution in [2.75, 3.05) is 19.4 Å². The summed E-state index contributed by atoms with van der Waals surface area (Å²) in [6, 6.07) is 6.11. The van der Waals surface area contributed by atoms with Gasteiger partial charge in [0.2, 0.25) is 5.91 Å². The second-order valence-corrected chi connectivity index (χ2v) is 5.42. The van der Waals surface area contributed by atoms with Crippen LogP contribution >= 0.6 is 0 Å². The van der Waals surface area contributed by atoms with E-state index in [0.717, 1.165) is 24.2 Å². The fourth-order valence-electron chi connectivity index (χ4n) is 2.91. The number of ether oxygens (including phenoxy) is 1. The van der Waals surface area contributed by atoms with Crippen LogP contribution in [0.2, 0.25) is 0 Å². The van der Waals surface area contributed by atoms with E-state index in [4.69, 9.17) is 16.2 Å². The molecule has 1 aliphatic carbocycles. The molecule has 0 aliphatic heterocycles. The van der Waals surface area contributed by atoms with Gasteiger partial charge in [-0.1, -0.05) is 12.8 Å². The van der Waals surface area contributed by atoms with Gasteiger partial charge >= 0.3 is 0 Å². The largest absolute Gasteiger partial charge is 0.497 e. The molecule has 0 atom stereocenters. The van der Waals surface area contributed by atoms with E-state index in [0.29, 0.717) is 24.8 Å². The zero-order valence-electron chi connectivity index (χ0n) is 12.0. The van der Waals surface area contributed by atoms with E-state index in [-0.39, 0.29) is 5.91 Å². The zero-order chi connectivity index (χ0) is 14.5. The molecule has 20 heavy (non-hydrogen) atoms. The third-order valence-electron chi connectivity index (χ3n) is 3.81. The summed E-state index contributed by atoms with van der Waals surface area (Å²) in [5.74, 6) is 0.457. The number of methoxy groups -OCH3 is 1. The maximum Gasteiger partial charge on any atom is 0.231 e. The molecule has 5 heteroatoms. The minimum atomic E-state index is -0.284. The van der Waals surface area contributed by atoms with E-state index >= 15 is 0 Å². The van der Waals surface area contributed by atoms with Crippen molar-refractivity contribution in [2.45, 2.75) is 38.3 Å². The molecule has 1 aliphatic rings. The first-order valence-corrected chi connectivity index (χ1v) is 7.04. The Bertz CT molecular complexity index is 470. The number of carbonyl (C=O) groups excluding carboxylic acids is 1. The Morgan fingerprint density at radius 2 is 2.05 bits per heavy atom. The van der Waals surface area contributed by atoms with E-state index in [1.807, 2.05) is 12.1 Å². The molecular formula is C15H23N3O2. The number of benzene rings is 1. The van der Waals surface area contributed by atoms with E-state index in [1.54, 1.807) is 13.2 Å². The predicted octanol–water partition coefficient (Wildman–Crippen LogP) is 1.51. The quantitative estimate of drug-likeness (QED) is 0.772. The number of hydrogen-bond donors (Lipinski definition) is 2. The normalized spacial score (nSPS) is 15.7. The van der Waals surface area contributed by atoms with Crippen molar-refractivity contribution < 1.29 is 9.53 Å². The summed E-state index contributed by atoms with van der Waals surface area (Å²) in [4.78, 5) is 13.4. The summed E-state index contributed by atoms with van der Waals surface area (Å²) in [5.41, 5.74) is 13.0. The van der Waals surface area contributed by atoms with Crippen molar-refractivity contribution in [3.63, 3.8) is 0 Å². The van der Waals surface area contributed by atoms with Crippen LogP contribution < -0.4 is 16.2 Å². The molecule has 0 unspecified atom stereocenters. The molecule has 0 bridgehead atoms. The van der Waals surface area contributed by atoms with Crippen molar-refractivity contribution >= 4 is 11.6 Å². The zero-order valence-corrected chi connectivity index (χ0v) is 12.0. The minimum absolute atomic E-state index is 0.284. The number of hydrogen-bond acceptors (Lipinski definition) is 4. The summed E-state index contributed by atoms with van der Waals surface area (Å²) < 4.78 is 5.23. The molecule has 0 aromatic heterocycles. The molecule has 0 spiro atoms. The fraction of sp³-hybridized carbons (Fsp3) is 0.533. The maximum absolute atomic E-state index is 11.3. The SMILES string of the molecule is COc1cc(N)cc(CN(CC(N)=O)C2CCCC2)c1. The topological polar surface area (TPSA) is 81.6 Å². The van der Waals surface area contributed by atoms with Crippen LogP contribution in [0.4, 0.5) is 5.69 Å². The number of rotatable bonds is 6. The highest BCUT2D eigenvalue weighted by Crippen LogP contribution is 2.26. The van der Waals surface area contributed by atoms with E-state index in [1.165, 1.54) is 12.8 Å². The average molecular weight is 277 g/mol. The number of anilines is 1. The van der Waals surface area contributed by atoms with Gasteiger partial charge in [0.05, 0.1) is 13.7 Å². The molecule has 1 aromatic carbocycles. The van der Waals surface area contributed by atoms with Gasteiger partial charge in [0.25, 0.3) is 0 Å². The Hall–Kier alpha value is -1.75. The van der Waals surface area contributed by atoms with Crippen LogP contribution in [0.1, 0.15) is 31.2 Å². The summed E-state index contributed by atoms with van der Waals surface area (Å²) in [6.07, 6.45) is 4.71. The first-order chi connectivity index (χ1) is 9.58. The molecule has 0 saturated heterocycles. The molecule has 1 aromatic rings. The number of carbonyl (C=O) groups is 1. The molecule has 0 heterocycles. The van der Waals surface area contributed by atoms with Crippen molar-refractivity contribution in [2.24, 2.45) is 5.73 Å². The highest BCUT2D eigenvalue weighted by molar-refractivity contribution is 5.76. The van der Waals surface area contributed by atoms with Crippen LogP contribution in [0.3, 0.4) is 0 Å². The van der Waals surface area contributed by atoms with Crippen LogP contribution in [0.15, 0.2) is 18.2 Å². The highest BCUT2D eigenvalue weighted by atomic mass is 16.5. The van der Waals surface area contributed by atoms with E-state index < -0.39 is 0 Å². The molecule has 1 amide bonds. The van der Waals surface area contributed by atoms with Crippen molar-refractivity contribution in [3.8, 4) is 5.75 Å². The van der Waals surface area contributed by atoms with Gasteiger partial charge in [-0.3, -0.25) is 9.69 Å². The van der Waals surface area contributed by atoms with Gasteiger partial charge < -0.3 is 16.2 Å². The number of nitrogens with zero attached hydrogens (tertiary/aromatic N) is 1. The van der Waals surface area contributed by atoms with E-state index in [9.17, 15) is 4.79 Å². The van der Waals surface area contributed by atoms with Crippen LogP contribution in [0.25, 0.3) is 0 Å². The number of nitrogens with two attached hydrogens (primary N) is 2. The smallest absolute Gasteiger partial charge is 0.231 e. The lowest BCUT2D eigenvalue weighted by molar-refractivity contribution is -0.119. The minimum Gasteiger partial charge on any atom is -0.497 e. The van der Waals surface area contributed by atoms with Crippen LogP contribution in [0, 0.1) is 0 Å². The molecular weight excluding hydrogens is 254 g/mol. The first kappa shape index (κ1) is 14.7.